The summed E-state index contributed by atoms with van der Waals surface area (Å²) in [6.45, 7) is 1.65. The van der Waals surface area contributed by atoms with E-state index in [4.69, 9.17) is 10.5 Å². The molecule has 1 amide bonds. The summed E-state index contributed by atoms with van der Waals surface area (Å²) < 4.78 is 31.4. The van der Waals surface area contributed by atoms with E-state index in [0.29, 0.717) is 44.6 Å². The molecule has 0 bridgehead atoms. The Bertz CT molecular complexity index is 488. The molecule has 3 N–H and O–H groups in total. The number of nitrogens with one attached hydrogen (secondary N) is 1. The van der Waals surface area contributed by atoms with E-state index in [2.05, 4.69) is 5.32 Å². The third-order valence-corrected chi connectivity index (χ3v) is 3.94. The van der Waals surface area contributed by atoms with Gasteiger partial charge in [0.15, 0.2) is 0 Å². The van der Waals surface area contributed by atoms with Gasteiger partial charge in [-0.1, -0.05) is 0 Å². The molecule has 0 spiro atoms. The van der Waals surface area contributed by atoms with E-state index in [1.807, 2.05) is 0 Å². The third kappa shape index (κ3) is 4.63. The molecule has 0 aliphatic carbocycles. The predicted molar refractivity (Wildman–Crippen MR) is 81.9 cm³/mol. The number of benzene rings is 1. The molecule has 4 nitrogen and oxygen atoms in total. The first kappa shape index (κ1) is 18.8. The zero-order valence-corrected chi connectivity index (χ0v) is 13.1. The largest absolute Gasteiger partial charge is 0.381 e. The second-order valence-corrected chi connectivity index (χ2v) is 5.38. The zero-order chi connectivity index (χ0) is 15.3. The minimum Gasteiger partial charge on any atom is -0.381 e. The van der Waals surface area contributed by atoms with Gasteiger partial charge >= 0.3 is 0 Å². The molecular formula is C15H21ClF2N2O2. The van der Waals surface area contributed by atoms with Crippen molar-refractivity contribution in [1.82, 2.24) is 5.32 Å². The van der Waals surface area contributed by atoms with E-state index < -0.39 is 17.0 Å². The number of carbonyl (C=O) groups is 1. The van der Waals surface area contributed by atoms with Crippen LogP contribution in [0.2, 0.25) is 0 Å². The first-order valence-corrected chi connectivity index (χ1v) is 7.07. The Hall–Kier alpha value is -1.24. The second-order valence-electron chi connectivity index (χ2n) is 5.38. The highest BCUT2D eigenvalue weighted by molar-refractivity contribution is 5.85. The van der Waals surface area contributed by atoms with Crippen LogP contribution in [0.1, 0.15) is 18.4 Å². The molecule has 124 valence electrons. The van der Waals surface area contributed by atoms with Gasteiger partial charge in [-0.3, -0.25) is 4.79 Å². The highest BCUT2D eigenvalue weighted by Gasteiger charge is 2.38. The van der Waals surface area contributed by atoms with Gasteiger partial charge in [0, 0.05) is 32.4 Å². The van der Waals surface area contributed by atoms with E-state index >= 15 is 0 Å². The van der Waals surface area contributed by atoms with Crippen LogP contribution in [-0.2, 0) is 16.0 Å². The van der Waals surface area contributed by atoms with Gasteiger partial charge in [0.25, 0.3) is 0 Å². The van der Waals surface area contributed by atoms with Crippen molar-refractivity contribution >= 4 is 18.3 Å². The van der Waals surface area contributed by atoms with E-state index in [1.165, 1.54) is 12.1 Å². The first-order chi connectivity index (χ1) is 10.1. The number of rotatable bonds is 5. The van der Waals surface area contributed by atoms with E-state index in [1.54, 1.807) is 0 Å². The fourth-order valence-electron chi connectivity index (χ4n) is 2.55. The first-order valence-electron chi connectivity index (χ1n) is 7.07. The number of carbonyl (C=O) groups excluding carboxylic acids is 1. The molecule has 22 heavy (non-hydrogen) atoms. The summed E-state index contributed by atoms with van der Waals surface area (Å²) in [6.07, 6.45) is 1.57. The Morgan fingerprint density at radius 3 is 2.36 bits per heavy atom. The SMILES string of the molecule is Cl.NCC1(C(=O)NCCc2cc(F)cc(F)c2)CCOCC1. The summed E-state index contributed by atoms with van der Waals surface area (Å²) in [4.78, 5) is 12.3. The van der Waals surface area contributed by atoms with Gasteiger partial charge in [-0.15, -0.1) is 12.4 Å². The maximum atomic E-state index is 13.1. The fraction of sp³-hybridized carbons (Fsp3) is 0.533. The average molecular weight is 335 g/mol. The van der Waals surface area contributed by atoms with Crippen LogP contribution in [0.3, 0.4) is 0 Å². The van der Waals surface area contributed by atoms with Crippen molar-refractivity contribution in [3.8, 4) is 0 Å². The Labute approximate surface area is 134 Å². The van der Waals surface area contributed by atoms with Gasteiger partial charge in [0.1, 0.15) is 11.6 Å². The lowest BCUT2D eigenvalue weighted by atomic mass is 9.79. The van der Waals surface area contributed by atoms with Gasteiger partial charge < -0.3 is 15.8 Å². The van der Waals surface area contributed by atoms with Gasteiger partial charge in [-0.05, 0) is 37.0 Å². The number of amides is 1. The summed E-state index contributed by atoms with van der Waals surface area (Å²) >= 11 is 0. The summed E-state index contributed by atoms with van der Waals surface area (Å²) in [6, 6.07) is 3.36. The maximum Gasteiger partial charge on any atom is 0.227 e. The minimum atomic E-state index is -0.612. The number of ether oxygens (including phenoxy) is 1. The standard InChI is InChI=1S/C15H20F2N2O2.ClH/c16-12-7-11(8-13(17)9-12)1-4-19-14(20)15(10-18)2-5-21-6-3-15;/h7-9H,1-6,10,18H2,(H,19,20);1H. The highest BCUT2D eigenvalue weighted by atomic mass is 35.5. The highest BCUT2D eigenvalue weighted by Crippen LogP contribution is 2.29. The quantitative estimate of drug-likeness (QED) is 0.863. The van der Waals surface area contributed by atoms with Gasteiger partial charge in [-0.25, -0.2) is 8.78 Å². The van der Waals surface area contributed by atoms with Crippen LogP contribution in [0, 0.1) is 17.0 Å². The van der Waals surface area contributed by atoms with Crippen molar-refractivity contribution < 1.29 is 18.3 Å². The van der Waals surface area contributed by atoms with Crippen molar-refractivity contribution in [1.29, 1.82) is 0 Å². The average Bonchev–Trinajstić information content (AvgIpc) is 2.47. The van der Waals surface area contributed by atoms with Crippen molar-refractivity contribution in [3.05, 3.63) is 35.4 Å². The van der Waals surface area contributed by atoms with E-state index in [9.17, 15) is 13.6 Å². The van der Waals surface area contributed by atoms with Gasteiger partial charge in [0.2, 0.25) is 5.91 Å². The van der Waals surface area contributed by atoms with Crippen molar-refractivity contribution in [2.75, 3.05) is 26.3 Å². The van der Waals surface area contributed by atoms with Crippen LogP contribution in [0.4, 0.5) is 8.78 Å². The number of hydrogen-bond acceptors (Lipinski definition) is 3. The molecular weight excluding hydrogens is 314 g/mol. The number of hydrogen-bond donors (Lipinski definition) is 2. The summed E-state index contributed by atoms with van der Waals surface area (Å²) in [5.74, 6) is -1.33. The smallest absolute Gasteiger partial charge is 0.227 e. The van der Waals surface area contributed by atoms with Gasteiger partial charge in [0.05, 0.1) is 5.41 Å². The normalized spacial score (nSPS) is 16.7. The van der Waals surface area contributed by atoms with Crippen LogP contribution in [-0.4, -0.2) is 32.2 Å². The molecule has 1 aliphatic heterocycles. The summed E-state index contributed by atoms with van der Waals surface area (Å²) in [5, 5.41) is 2.81. The number of halogens is 3. The molecule has 7 heteroatoms. The monoisotopic (exact) mass is 334 g/mol. The zero-order valence-electron chi connectivity index (χ0n) is 12.2. The van der Waals surface area contributed by atoms with E-state index in [0.717, 1.165) is 6.07 Å². The topological polar surface area (TPSA) is 64.4 Å². The Kier molecular flexibility index (Phi) is 7.19. The lowest BCUT2D eigenvalue weighted by Crippen LogP contribution is -2.49. The van der Waals surface area contributed by atoms with Crippen molar-refractivity contribution in [3.63, 3.8) is 0 Å². The molecule has 2 rings (SSSR count). The molecule has 0 radical (unpaired) electrons. The molecule has 0 unspecified atom stereocenters. The molecule has 1 heterocycles. The Morgan fingerprint density at radius 1 is 1.23 bits per heavy atom. The van der Waals surface area contributed by atoms with Crippen LogP contribution in [0.25, 0.3) is 0 Å². The summed E-state index contributed by atoms with van der Waals surface area (Å²) in [5.41, 5.74) is 5.68. The molecule has 0 atom stereocenters. The van der Waals surface area contributed by atoms with Crippen LogP contribution >= 0.6 is 12.4 Å². The lowest BCUT2D eigenvalue weighted by molar-refractivity contribution is -0.135. The minimum absolute atomic E-state index is 0. The second kappa shape index (κ2) is 8.41. The van der Waals surface area contributed by atoms with Crippen molar-refractivity contribution in [2.45, 2.75) is 19.3 Å². The van der Waals surface area contributed by atoms with Gasteiger partial charge in [-0.2, -0.15) is 0 Å². The maximum absolute atomic E-state index is 13.1. The van der Waals surface area contributed by atoms with Crippen molar-refractivity contribution in [2.24, 2.45) is 11.1 Å². The Morgan fingerprint density at radius 2 is 1.82 bits per heavy atom. The molecule has 0 saturated carbocycles. The fourth-order valence-corrected chi connectivity index (χ4v) is 2.55. The van der Waals surface area contributed by atoms with Crippen LogP contribution in [0.15, 0.2) is 18.2 Å². The van der Waals surface area contributed by atoms with Crippen LogP contribution < -0.4 is 11.1 Å². The van der Waals surface area contributed by atoms with Crippen LogP contribution in [0.5, 0.6) is 0 Å². The lowest BCUT2D eigenvalue weighted by Gasteiger charge is -2.34. The molecule has 0 aromatic heterocycles. The van der Waals surface area contributed by atoms with E-state index in [-0.39, 0.29) is 24.9 Å². The molecule has 1 aliphatic rings. The Balaban J connectivity index is 0.00000242. The molecule has 1 fully saturated rings. The number of nitrogens with two attached hydrogens (primary N) is 1. The molecule has 1 aromatic rings. The summed E-state index contributed by atoms with van der Waals surface area (Å²) in [7, 11) is 0. The molecule has 1 saturated heterocycles. The molecule has 1 aromatic carbocycles. The third-order valence-electron chi connectivity index (χ3n) is 3.94. The predicted octanol–water partition coefficient (Wildman–Crippen LogP) is 1.80.